The predicted octanol–water partition coefficient (Wildman–Crippen LogP) is 2.87. The van der Waals surface area contributed by atoms with Crippen LogP contribution in [-0.4, -0.2) is 28.2 Å². The van der Waals surface area contributed by atoms with Crippen LogP contribution in [0.4, 0.5) is 5.69 Å². The number of ether oxygens (including phenoxy) is 1. The second-order valence-electron chi connectivity index (χ2n) is 5.80. The standard InChI is InChI=1S/C16H21NO5/c1-16(2,3)22-15(19)10-9-13-12(7-5-11-18)6-4-8-14(13)17(20)21/h4,6,8-10,18H,5,7,11H2,1-3H3/b10-9+. The highest BCUT2D eigenvalue weighted by Crippen LogP contribution is 2.25. The number of nitrogens with zero attached hydrogens (tertiary/aromatic N) is 1. The fraction of sp³-hybridized carbons (Fsp3) is 0.438. The Morgan fingerprint density at radius 3 is 2.64 bits per heavy atom. The Morgan fingerprint density at radius 2 is 2.09 bits per heavy atom. The van der Waals surface area contributed by atoms with Gasteiger partial charge in [-0.15, -0.1) is 0 Å². The van der Waals surface area contributed by atoms with E-state index in [9.17, 15) is 14.9 Å². The molecule has 120 valence electrons. The molecule has 0 atom stereocenters. The van der Waals surface area contributed by atoms with Gasteiger partial charge in [-0.1, -0.05) is 12.1 Å². The summed E-state index contributed by atoms with van der Waals surface area (Å²) in [5.74, 6) is -0.557. The van der Waals surface area contributed by atoms with Crippen LogP contribution in [0.1, 0.15) is 38.3 Å². The lowest BCUT2D eigenvalue weighted by molar-refractivity contribution is -0.385. The first-order valence-corrected chi connectivity index (χ1v) is 7.03. The third kappa shape index (κ3) is 5.65. The molecule has 22 heavy (non-hydrogen) atoms. The minimum atomic E-state index is -0.621. The van der Waals surface area contributed by atoms with Gasteiger partial charge in [0.2, 0.25) is 0 Å². The van der Waals surface area contributed by atoms with Gasteiger partial charge in [0.25, 0.3) is 5.69 Å². The summed E-state index contributed by atoms with van der Waals surface area (Å²) in [6.07, 6.45) is 3.58. The number of nitro benzene ring substituents is 1. The number of aryl methyl sites for hydroxylation is 1. The summed E-state index contributed by atoms with van der Waals surface area (Å²) in [4.78, 5) is 22.4. The van der Waals surface area contributed by atoms with Gasteiger partial charge in [-0.2, -0.15) is 0 Å². The molecule has 0 aromatic heterocycles. The average molecular weight is 307 g/mol. The molecule has 0 amide bonds. The smallest absolute Gasteiger partial charge is 0.331 e. The van der Waals surface area contributed by atoms with E-state index in [1.165, 1.54) is 18.2 Å². The van der Waals surface area contributed by atoms with Crippen molar-refractivity contribution in [1.82, 2.24) is 0 Å². The van der Waals surface area contributed by atoms with Crippen molar-refractivity contribution in [1.29, 1.82) is 0 Å². The van der Waals surface area contributed by atoms with Gasteiger partial charge in [-0.3, -0.25) is 10.1 Å². The summed E-state index contributed by atoms with van der Waals surface area (Å²) in [6, 6.07) is 4.73. The van der Waals surface area contributed by atoms with Crippen molar-refractivity contribution in [3.63, 3.8) is 0 Å². The van der Waals surface area contributed by atoms with Gasteiger partial charge in [0.1, 0.15) is 5.60 Å². The van der Waals surface area contributed by atoms with Crippen molar-refractivity contribution in [2.75, 3.05) is 6.61 Å². The van der Waals surface area contributed by atoms with E-state index in [1.807, 2.05) is 0 Å². The van der Waals surface area contributed by atoms with Gasteiger partial charge < -0.3 is 9.84 Å². The zero-order valence-corrected chi connectivity index (χ0v) is 13.0. The van der Waals surface area contributed by atoms with Crippen molar-refractivity contribution in [3.8, 4) is 0 Å². The molecule has 0 radical (unpaired) electrons. The Bertz CT molecular complexity index is 572. The largest absolute Gasteiger partial charge is 0.457 e. The molecule has 6 nitrogen and oxygen atoms in total. The van der Waals surface area contributed by atoms with Crippen molar-refractivity contribution in [2.24, 2.45) is 0 Å². The summed E-state index contributed by atoms with van der Waals surface area (Å²) in [5.41, 5.74) is 0.383. The number of esters is 1. The monoisotopic (exact) mass is 307 g/mol. The second kappa shape index (κ2) is 7.70. The Balaban J connectivity index is 3.09. The predicted molar refractivity (Wildman–Crippen MR) is 83.4 cm³/mol. The lowest BCUT2D eigenvalue weighted by atomic mass is 10.0. The van der Waals surface area contributed by atoms with Crippen molar-refractivity contribution < 1.29 is 19.6 Å². The second-order valence-corrected chi connectivity index (χ2v) is 5.80. The molecular formula is C16H21NO5. The van der Waals surface area contributed by atoms with Gasteiger partial charge in [0.15, 0.2) is 0 Å². The van der Waals surface area contributed by atoms with Gasteiger partial charge in [0, 0.05) is 18.7 Å². The van der Waals surface area contributed by atoms with Crippen LogP contribution in [0.2, 0.25) is 0 Å². The van der Waals surface area contributed by atoms with Crippen molar-refractivity contribution in [3.05, 3.63) is 45.5 Å². The Morgan fingerprint density at radius 1 is 1.41 bits per heavy atom. The topological polar surface area (TPSA) is 89.7 Å². The maximum Gasteiger partial charge on any atom is 0.331 e. The molecule has 0 unspecified atom stereocenters. The molecule has 1 aromatic rings. The first-order valence-electron chi connectivity index (χ1n) is 7.03. The molecule has 0 saturated heterocycles. The van der Waals surface area contributed by atoms with Gasteiger partial charge in [-0.25, -0.2) is 4.79 Å². The number of hydrogen-bond donors (Lipinski definition) is 1. The van der Waals surface area contributed by atoms with Gasteiger partial charge in [-0.05, 0) is 45.3 Å². The van der Waals surface area contributed by atoms with E-state index in [1.54, 1.807) is 32.9 Å². The van der Waals surface area contributed by atoms with E-state index in [-0.39, 0.29) is 12.3 Å². The summed E-state index contributed by atoms with van der Waals surface area (Å²) in [7, 11) is 0. The third-order valence-electron chi connectivity index (χ3n) is 2.77. The molecule has 1 N–H and O–H groups in total. The Labute approximate surface area is 129 Å². The number of nitro groups is 1. The summed E-state index contributed by atoms with van der Waals surface area (Å²) < 4.78 is 5.15. The van der Waals surface area contributed by atoms with Crippen LogP contribution in [0, 0.1) is 10.1 Å². The highest BCUT2D eigenvalue weighted by atomic mass is 16.6. The van der Waals surface area contributed by atoms with Crippen LogP contribution in [-0.2, 0) is 16.0 Å². The fourth-order valence-electron chi connectivity index (χ4n) is 1.93. The maximum atomic E-state index is 11.7. The van der Waals surface area contributed by atoms with E-state index >= 15 is 0 Å². The molecule has 0 saturated carbocycles. The summed E-state index contributed by atoms with van der Waals surface area (Å²) in [5, 5.41) is 20.0. The molecule has 0 fully saturated rings. The number of hydrogen-bond acceptors (Lipinski definition) is 5. The van der Waals surface area contributed by atoms with E-state index in [0.29, 0.717) is 24.0 Å². The number of carbonyl (C=O) groups is 1. The molecule has 0 aliphatic carbocycles. The van der Waals surface area contributed by atoms with Crippen molar-refractivity contribution in [2.45, 2.75) is 39.2 Å². The van der Waals surface area contributed by atoms with E-state index in [4.69, 9.17) is 9.84 Å². The third-order valence-corrected chi connectivity index (χ3v) is 2.77. The number of rotatable bonds is 6. The molecular weight excluding hydrogens is 286 g/mol. The summed E-state index contributed by atoms with van der Waals surface area (Å²) >= 11 is 0. The first kappa shape index (κ1) is 17.8. The van der Waals surface area contributed by atoms with Crippen LogP contribution < -0.4 is 0 Å². The van der Waals surface area contributed by atoms with Crippen LogP contribution in [0.3, 0.4) is 0 Å². The Hall–Kier alpha value is -2.21. The quantitative estimate of drug-likeness (QED) is 0.378. The highest BCUT2D eigenvalue weighted by Gasteiger charge is 2.17. The molecule has 0 heterocycles. The zero-order chi connectivity index (χ0) is 16.8. The normalized spacial score (nSPS) is 11.6. The minimum absolute atomic E-state index is 0.00207. The molecule has 6 heteroatoms. The average Bonchev–Trinajstić information content (AvgIpc) is 2.40. The van der Waals surface area contributed by atoms with Gasteiger partial charge >= 0.3 is 5.97 Å². The lowest BCUT2D eigenvalue weighted by Gasteiger charge is -2.18. The molecule has 0 bridgehead atoms. The Kier molecular flexibility index (Phi) is 6.24. The molecule has 1 aromatic carbocycles. The van der Waals surface area contributed by atoms with E-state index in [2.05, 4.69) is 0 Å². The van der Waals surface area contributed by atoms with Crippen LogP contribution in [0.25, 0.3) is 6.08 Å². The number of aliphatic hydroxyl groups is 1. The van der Waals surface area contributed by atoms with E-state index < -0.39 is 16.5 Å². The van der Waals surface area contributed by atoms with Crippen LogP contribution >= 0.6 is 0 Å². The number of benzene rings is 1. The van der Waals surface area contributed by atoms with E-state index in [0.717, 1.165) is 0 Å². The molecule has 0 aliphatic heterocycles. The molecule has 1 rings (SSSR count). The van der Waals surface area contributed by atoms with Crippen LogP contribution in [0.15, 0.2) is 24.3 Å². The molecule has 0 spiro atoms. The fourth-order valence-corrected chi connectivity index (χ4v) is 1.93. The SMILES string of the molecule is CC(C)(C)OC(=O)/C=C/c1c(CCCO)cccc1[N+](=O)[O-]. The van der Waals surface area contributed by atoms with Crippen molar-refractivity contribution >= 4 is 17.7 Å². The number of aliphatic hydroxyl groups excluding tert-OH is 1. The first-order chi connectivity index (χ1) is 10.2. The maximum absolute atomic E-state index is 11.7. The number of carbonyl (C=O) groups excluding carboxylic acids is 1. The minimum Gasteiger partial charge on any atom is -0.457 e. The highest BCUT2D eigenvalue weighted by molar-refractivity contribution is 5.88. The molecule has 0 aliphatic rings. The zero-order valence-electron chi connectivity index (χ0n) is 13.0. The van der Waals surface area contributed by atoms with Crippen LogP contribution in [0.5, 0.6) is 0 Å². The van der Waals surface area contributed by atoms with Gasteiger partial charge in [0.05, 0.1) is 10.5 Å². The summed E-state index contributed by atoms with van der Waals surface area (Å²) in [6.45, 7) is 5.24. The lowest BCUT2D eigenvalue weighted by Crippen LogP contribution is -2.22.